The third kappa shape index (κ3) is 3.22. The number of pyridine rings is 1. The molecule has 1 aliphatic carbocycles. The van der Waals surface area contributed by atoms with Crippen molar-refractivity contribution in [3.63, 3.8) is 0 Å². The van der Waals surface area contributed by atoms with Gasteiger partial charge in [-0.2, -0.15) is 0 Å². The van der Waals surface area contributed by atoms with Crippen LogP contribution in [0.3, 0.4) is 0 Å². The predicted octanol–water partition coefficient (Wildman–Crippen LogP) is 3.86. The van der Waals surface area contributed by atoms with Crippen LogP contribution in [0.25, 0.3) is 0 Å². The number of rotatable bonds is 3. The Bertz CT molecular complexity index is 422. The molecular weight excluding hydrogens is 250 g/mol. The van der Waals surface area contributed by atoms with Crippen LogP contribution in [-0.2, 0) is 4.74 Å². The zero-order valence-corrected chi connectivity index (χ0v) is 11.3. The first-order valence-corrected chi connectivity index (χ1v) is 6.92. The van der Waals surface area contributed by atoms with E-state index in [0.29, 0.717) is 16.8 Å². The molecule has 98 valence electrons. The van der Waals surface area contributed by atoms with E-state index in [-0.39, 0.29) is 12.1 Å². The molecule has 0 saturated heterocycles. The quantitative estimate of drug-likeness (QED) is 0.617. The summed E-state index contributed by atoms with van der Waals surface area (Å²) in [4.78, 5) is 16.0. The number of esters is 1. The number of halogens is 1. The molecule has 1 heterocycles. The number of hydrogen-bond acceptors (Lipinski definition) is 3. The van der Waals surface area contributed by atoms with E-state index in [0.717, 1.165) is 25.7 Å². The first kappa shape index (κ1) is 13.3. The van der Waals surface area contributed by atoms with Gasteiger partial charge in [0.25, 0.3) is 0 Å². The Balaban J connectivity index is 2.02. The zero-order valence-electron chi connectivity index (χ0n) is 10.6. The lowest BCUT2D eigenvalue weighted by Gasteiger charge is -2.30. The summed E-state index contributed by atoms with van der Waals surface area (Å²) in [6.07, 6.45) is 5.58. The molecule has 0 bridgehead atoms. The van der Waals surface area contributed by atoms with Gasteiger partial charge in [-0.3, -0.25) is 0 Å². The molecule has 2 atom stereocenters. The van der Waals surface area contributed by atoms with Crippen molar-refractivity contribution in [2.45, 2.75) is 45.1 Å². The van der Waals surface area contributed by atoms with Crippen LogP contribution in [0.5, 0.6) is 0 Å². The third-order valence-corrected chi connectivity index (χ3v) is 3.76. The van der Waals surface area contributed by atoms with E-state index in [9.17, 15) is 4.79 Å². The Kier molecular flexibility index (Phi) is 4.59. The lowest BCUT2D eigenvalue weighted by atomic mass is 9.85. The van der Waals surface area contributed by atoms with Gasteiger partial charge in [0.05, 0.1) is 0 Å². The molecule has 0 N–H and O–H groups in total. The van der Waals surface area contributed by atoms with Gasteiger partial charge in [0.1, 0.15) is 17.0 Å². The highest BCUT2D eigenvalue weighted by Gasteiger charge is 2.27. The highest BCUT2D eigenvalue weighted by molar-refractivity contribution is 6.29. The van der Waals surface area contributed by atoms with Gasteiger partial charge in [-0.05, 0) is 43.7 Å². The van der Waals surface area contributed by atoms with Crippen molar-refractivity contribution in [2.24, 2.45) is 5.92 Å². The molecule has 1 fully saturated rings. The van der Waals surface area contributed by atoms with Crippen LogP contribution in [-0.4, -0.2) is 17.1 Å². The van der Waals surface area contributed by atoms with Gasteiger partial charge in [-0.25, -0.2) is 9.78 Å². The Hall–Kier alpha value is -1.09. The second kappa shape index (κ2) is 6.19. The van der Waals surface area contributed by atoms with E-state index < -0.39 is 0 Å². The Morgan fingerprint density at radius 1 is 1.44 bits per heavy atom. The summed E-state index contributed by atoms with van der Waals surface area (Å²) in [5.74, 6) is 0.129. The lowest BCUT2D eigenvalue weighted by molar-refractivity contribution is 0.000118. The molecule has 1 aromatic heterocycles. The molecule has 0 radical (unpaired) electrons. The largest absolute Gasteiger partial charge is 0.457 e. The van der Waals surface area contributed by atoms with E-state index in [2.05, 4.69) is 11.9 Å². The van der Waals surface area contributed by atoms with Crippen molar-refractivity contribution in [3.8, 4) is 0 Å². The molecule has 4 heteroatoms. The van der Waals surface area contributed by atoms with Gasteiger partial charge in [0.2, 0.25) is 0 Å². The van der Waals surface area contributed by atoms with Crippen LogP contribution in [0.4, 0.5) is 0 Å². The molecule has 2 unspecified atom stereocenters. The number of carbonyl (C=O) groups excluding carboxylic acids is 1. The second-order valence-corrected chi connectivity index (χ2v) is 5.13. The van der Waals surface area contributed by atoms with Crippen molar-refractivity contribution in [2.75, 3.05) is 0 Å². The van der Waals surface area contributed by atoms with Crippen LogP contribution in [0.1, 0.15) is 49.5 Å². The SMILES string of the molecule is CCC1CCCCC1OC(=O)c1cccc(Cl)n1. The molecule has 2 rings (SSSR count). The van der Waals surface area contributed by atoms with Crippen LogP contribution in [0.2, 0.25) is 5.15 Å². The average Bonchev–Trinajstić information content (AvgIpc) is 2.39. The number of nitrogens with zero attached hydrogens (tertiary/aromatic N) is 1. The van der Waals surface area contributed by atoms with Gasteiger partial charge in [-0.1, -0.05) is 31.0 Å². The minimum atomic E-state index is -0.358. The standard InChI is InChI=1S/C14H18ClNO2/c1-2-10-6-3-4-8-12(10)18-14(17)11-7-5-9-13(15)16-11/h5,7,9-10,12H,2-4,6,8H2,1H3. The van der Waals surface area contributed by atoms with Crippen molar-refractivity contribution in [3.05, 3.63) is 29.0 Å². The Morgan fingerprint density at radius 3 is 2.94 bits per heavy atom. The fraction of sp³-hybridized carbons (Fsp3) is 0.571. The van der Waals surface area contributed by atoms with E-state index >= 15 is 0 Å². The molecule has 3 nitrogen and oxygen atoms in total. The van der Waals surface area contributed by atoms with Gasteiger partial charge < -0.3 is 4.74 Å². The van der Waals surface area contributed by atoms with Gasteiger partial charge in [0, 0.05) is 0 Å². The van der Waals surface area contributed by atoms with Crippen LogP contribution in [0, 0.1) is 5.92 Å². The number of hydrogen-bond donors (Lipinski definition) is 0. The molecule has 0 aromatic carbocycles. The number of ether oxygens (including phenoxy) is 1. The summed E-state index contributed by atoms with van der Waals surface area (Å²) in [5.41, 5.74) is 0.294. The highest BCUT2D eigenvalue weighted by atomic mass is 35.5. The first-order chi connectivity index (χ1) is 8.70. The van der Waals surface area contributed by atoms with Crippen molar-refractivity contribution in [1.82, 2.24) is 4.98 Å². The summed E-state index contributed by atoms with van der Waals surface area (Å²) in [6.45, 7) is 2.15. The third-order valence-electron chi connectivity index (χ3n) is 3.55. The van der Waals surface area contributed by atoms with Crippen molar-refractivity contribution in [1.29, 1.82) is 0 Å². The van der Waals surface area contributed by atoms with Gasteiger partial charge in [0.15, 0.2) is 0 Å². The maximum atomic E-state index is 12.0. The monoisotopic (exact) mass is 267 g/mol. The fourth-order valence-corrected chi connectivity index (χ4v) is 2.68. The van der Waals surface area contributed by atoms with Crippen LogP contribution in [0.15, 0.2) is 18.2 Å². The first-order valence-electron chi connectivity index (χ1n) is 6.54. The fourth-order valence-electron chi connectivity index (χ4n) is 2.52. The topological polar surface area (TPSA) is 39.2 Å². The summed E-state index contributed by atoms with van der Waals surface area (Å²) in [7, 11) is 0. The van der Waals surface area contributed by atoms with Crippen molar-refractivity contribution < 1.29 is 9.53 Å². The van der Waals surface area contributed by atoms with Gasteiger partial charge in [-0.15, -0.1) is 0 Å². The number of aromatic nitrogens is 1. The van der Waals surface area contributed by atoms with E-state index in [4.69, 9.17) is 16.3 Å². The molecule has 1 saturated carbocycles. The smallest absolute Gasteiger partial charge is 0.357 e. The lowest BCUT2D eigenvalue weighted by Crippen LogP contribution is -2.30. The van der Waals surface area contributed by atoms with Crippen LogP contribution >= 0.6 is 11.6 Å². The molecule has 0 amide bonds. The summed E-state index contributed by atoms with van der Waals surface area (Å²) >= 11 is 5.77. The predicted molar refractivity (Wildman–Crippen MR) is 70.7 cm³/mol. The molecular formula is C14H18ClNO2. The average molecular weight is 268 g/mol. The minimum Gasteiger partial charge on any atom is -0.457 e. The zero-order chi connectivity index (χ0) is 13.0. The molecule has 1 aromatic rings. The summed E-state index contributed by atoms with van der Waals surface area (Å²) in [6, 6.07) is 5.00. The minimum absolute atomic E-state index is 0.0389. The molecule has 1 aliphatic rings. The van der Waals surface area contributed by atoms with E-state index in [1.54, 1.807) is 18.2 Å². The maximum absolute atomic E-state index is 12.0. The number of carbonyl (C=O) groups is 1. The summed E-state index contributed by atoms with van der Waals surface area (Å²) in [5, 5.41) is 0.320. The highest BCUT2D eigenvalue weighted by Crippen LogP contribution is 2.29. The normalized spacial score (nSPS) is 23.7. The Labute approximate surface area is 113 Å². The maximum Gasteiger partial charge on any atom is 0.357 e. The second-order valence-electron chi connectivity index (χ2n) is 4.74. The van der Waals surface area contributed by atoms with Crippen molar-refractivity contribution >= 4 is 17.6 Å². The van der Waals surface area contributed by atoms with Gasteiger partial charge >= 0.3 is 5.97 Å². The van der Waals surface area contributed by atoms with E-state index in [1.165, 1.54) is 6.42 Å². The molecule has 0 aliphatic heterocycles. The molecule has 18 heavy (non-hydrogen) atoms. The summed E-state index contributed by atoms with van der Waals surface area (Å²) < 4.78 is 5.58. The molecule has 0 spiro atoms. The van der Waals surface area contributed by atoms with E-state index in [1.807, 2.05) is 0 Å². The Morgan fingerprint density at radius 2 is 2.22 bits per heavy atom. The van der Waals surface area contributed by atoms with Crippen LogP contribution < -0.4 is 0 Å².